The molecule has 3 nitrogen and oxygen atoms in total. The number of hydrogen-bond acceptors (Lipinski definition) is 2. The second kappa shape index (κ2) is 6.75. The van der Waals surface area contributed by atoms with Gasteiger partial charge in [-0.3, -0.25) is 10.9 Å². The summed E-state index contributed by atoms with van der Waals surface area (Å²) in [4.78, 5) is 0. The van der Waals surface area contributed by atoms with Crippen molar-refractivity contribution in [3.05, 3.63) is 60.2 Å². The average Bonchev–Trinajstić information content (AvgIpc) is 2.47. The van der Waals surface area contributed by atoms with Gasteiger partial charge >= 0.3 is 0 Å². The molecule has 19 heavy (non-hydrogen) atoms. The summed E-state index contributed by atoms with van der Waals surface area (Å²) in [5.74, 6) is 0. The fourth-order valence-electron chi connectivity index (χ4n) is 1.64. The largest absolute Gasteiger partial charge is 0.331 e. The summed E-state index contributed by atoms with van der Waals surface area (Å²) in [7, 11) is 0. The van der Waals surface area contributed by atoms with E-state index >= 15 is 0 Å². The molecule has 0 atom stereocenters. The van der Waals surface area contributed by atoms with Gasteiger partial charge in [0.15, 0.2) is 5.11 Å². The fourth-order valence-corrected chi connectivity index (χ4v) is 1.81. The van der Waals surface area contributed by atoms with Crippen LogP contribution in [0.25, 0.3) is 0 Å². The topological polar surface area (TPSA) is 36.1 Å². The van der Waals surface area contributed by atoms with Gasteiger partial charge in [0.1, 0.15) is 0 Å². The van der Waals surface area contributed by atoms with Crippen molar-refractivity contribution in [1.29, 1.82) is 0 Å². The SMILES string of the molecule is CCc1ccc(NC(=S)NNc2ccccc2)cc1. The molecule has 3 N–H and O–H groups in total. The number of benzene rings is 2. The van der Waals surface area contributed by atoms with E-state index in [1.807, 2.05) is 42.5 Å². The molecular weight excluding hydrogens is 254 g/mol. The maximum Gasteiger partial charge on any atom is 0.189 e. The summed E-state index contributed by atoms with van der Waals surface area (Å²) in [6.45, 7) is 2.14. The van der Waals surface area contributed by atoms with Crippen LogP contribution in [0.15, 0.2) is 54.6 Å². The van der Waals surface area contributed by atoms with Crippen LogP contribution < -0.4 is 16.2 Å². The van der Waals surface area contributed by atoms with E-state index in [4.69, 9.17) is 12.2 Å². The molecule has 98 valence electrons. The fraction of sp³-hybridized carbons (Fsp3) is 0.133. The number of anilines is 2. The quantitative estimate of drug-likeness (QED) is 0.587. The van der Waals surface area contributed by atoms with Crippen molar-refractivity contribution >= 4 is 28.7 Å². The van der Waals surface area contributed by atoms with Crippen molar-refractivity contribution in [2.24, 2.45) is 0 Å². The van der Waals surface area contributed by atoms with Gasteiger partial charge in [-0.2, -0.15) is 0 Å². The Balaban J connectivity index is 1.83. The number of nitrogens with one attached hydrogen (secondary N) is 3. The maximum absolute atomic E-state index is 5.21. The summed E-state index contributed by atoms with van der Waals surface area (Å²) in [6.07, 6.45) is 1.04. The minimum absolute atomic E-state index is 0.535. The molecule has 0 radical (unpaired) electrons. The molecule has 0 aliphatic heterocycles. The third kappa shape index (κ3) is 4.26. The molecule has 2 aromatic carbocycles. The van der Waals surface area contributed by atoms with Gasteiger partial charge in [-0.05, 0) is 48.5 Å². The molecule has 0 saturated heterocycles. The Bertz CT molecular complexity index is 523. The Labute approximate surface area is 119 Å². The Kier molecular flexibility index (Phi) is 4.75. The van der Waals surface area contributed by atoms with Crippen LogP contribution in [0.2, 0.25) is 0 Å². The van der Waals surface area contributed by atoms with Crippen LogP contribution in [-0.2, 0) is 6.42 Å². The minimum Gasteiger partial charge on any atom is -0.331 e. The molecule has 0 aliphatic carbocycles. The summed E-state index contributed by atoms with van der Waals surface area (Å²) < 4.78 is 0. The normalized spacial score (nSPS) is 9.74. The highest BCUT2D eigenvalue weighted by atomic mass is 32.1. The number of aryl methyl sites for hydroxylation is 1. The van der Waals surface area contributed by atoms with Crippen molar-refractivity contribution < 1.29 is 0 Å². The molecule has 0 fully saturated rings. The smallest absolute Gasteiger partial charge is 0.189 e. The Hall–Kier alpha value is -2.07. The van der Waals surface area contributed by atoms with Crippen LogP contribution in [0.4, 0.5) is 11.4 Å². The van der Waals surface area contributed by atoms with Crippen LogP contribution in [-0.4, -0.2) is 5.11 Å². The molecule has 0 spiro atoms. The van der Waals surface area contributed by atoms with Crippen molar-refractivity contribution in [3.8, 4) is 0 Å². The lowest BCUT2D eigenvalue weighted by molar-refractivity contribution is 1.13. The number of thiocarbonyl (C=S) groups is 1. The molecule has 4 heteroatoms. The van der Waals surface area contributed by atoms with E-state index < -0.39 is 0 Å². The zero-order valence-electron chi connectivity index (χ0n) is 10.8. The van der Waals surface area contributed by atoms with E-state index in [1.54, 1.807) is 0 Å². The number of rotatable bonds is 4. The zero-order chi connectivity index (χ0) is 13.5. The lowest BCUT2D eigenvalue weighted by atomic mass is 10.1. The second-order valence-corrected chi connectivity index (χ2v) is 4.53. The van der Waals surface area contributed by atoms with Crippen molar-refractivity contribution in [2.45, 2.75) is 13.3 Å². The maximum atomic E-state index is 5.21. The molecule has 0 saturated carbocycles. The standard InChI is InChI=1S/C15H17N3S/c1-2-12-8-10-13(11-9-12)16-15(19)18-17-14-6-4-3-5-7-14/h3-11,17H,2H2,1H3,(H2,16,18,19). The van der Waals surface area contributed by atoms with Gasteiger partial charge in [0, 0.05) is 5.69 Å². The van der Waals surface area contributed by atoms with Gasteiger partial charge < -0.3 is 5.32 Å². The number of hydrogen-bond donors (Lipinski definition) is 3. The summed E-state index contributed by atoms with van der Waals surface area (Å²) in [5, 5.41) is 3.66. The molecule has 2 rings (SSSR count). The predicted molar refractivity (Wildman–Crippen MR) is 85.2 cm³/mol. The molecule has 0 aliphatic rings. The van der Waals surface area contributed by atoms with Crippen molar-refractivity contribution in [1.82, 2.24) is 5.43 Å². The molecule has 0 unspecified atom stereocenters. The molecule has 0 amide bonds. The Morgan fingerprint density at radius 1 is 0.947 bits per heavy atom. The van der Waals surface area contributed by atoms with E-state index in [-0.39, 0.29) is 0 Å². The van der Waals surface area contributed by atoms with E-state index in [2.05, 4.69) is 35.2 Å². The van der Waals surface area contributed by atoms with Crippen LogP contribution in [0.3, 0.4) is 0 Å². The highest BCUT2D eigenvalue weighted by molar-refractivity contribution is 7.80. The van der Waals surface area contributed by atoms with E-state index in [1.165, 1.54) is 5.56 Å². The first kappa shape index (κ1) is 13.4. The lowest BCUT2D eigenvalue weighted by Crippen LogP contribution is -2.33. The van der Waals surface area contributed by atoms with Crippen molar-refractivity contribution in [2.75, 3.05) is 10.7 Å². The van der Waals surface area contributed by atoms with E-state index in [9.17, 15) is 0 Å². The van der Waals surface area contributed by atoms with Gasteiger partial charge in [0.2, 0.25) is 0 Å². The molecular formula is C15H17N3S. The first-order chi connectivity index (χ1) is 9.28. The van der Waals surface area contributed by atoms with Gasteiger partial charge in [-0.25, -0.2) is 0 Å². The third-order valence-corrected chi connectivity index (χ3v) is 2.92. The van der Waals surface area contributed by atoms with E-state index in [0.29, 0.717) is 5.11 Å². The van der Waals surface area contributed by atoms with E-state index in [0.717, 1.165) is 17.8 Å². The number of para-hydroxylation sites is 1. The minimum atomic E-state index is 0.535. The first-order valence-electron chi connectivity index (χ1n) is 6.25. The van der Waals surface area contributed by atoms with Gasteiger partial charge in [0.05, 0.1) is 5.69 Å². The molecule has 0 aromatic heterocycles. The van der Waals surface area contributed by atoms with Crippen LogP contribution >= 0.6 is 12.2 Å². The lowest BCUT2D eigenvalue weighted by Gasteiger charge is -2.12. The monoisotopic (exact) mass is 271 g/mol. The molecule has 0 heterocycles. The number of hydrazine groups is 1. The van der Waals surface area contributed by atoms with Gasteiger partial charge in [-0.1, -0.05) is 37.3 Å². The average molecular weight is 271 g/mol. The predicted octanol–water partition coefficient (Wildman–Crippen LogP) is 3.56. The highest BCUT2D eigenvalue weighted by Gasteiger charge is 1.97. The van der Waals surface area contributed by atoms with Crippen LogP contribution in [0.1, 0.15) is 12.5 Å². The zero-order valence-corrected chi connectivity index (χ0v) is 11.6. The van der Waals surface area contributed by atoms with Crippen LogP contribution in [0.5, 0.6) is 0 Å². The second-order valence-electron chi connectivity index (χ2n) is 4.12. The molecule has 2 aromatic rings. The third-order valence-electron chi connectivity index (χ3n) is 2.71. The Morgan fingerprint density at radius 2 is 1.63 bits per heavy atom. The molecule has 0 bridgehead atoms. The van der Waals surface area contributed by atoms with Crippen molar-refractivity contribution in [3.63, 3.8) is 0 Å². The highest BCUT2D eigenvalue weighted by Crippen LogP contribution is 2.10. The van der Waals surface area contributed by atoms with Gasteiger partial charge in [0.25, 0.3) is 0 Å². The van der Waals surface area contributed by atoms with Crippen LogP contribution in [0, 0.1) is 0 Å². The summed E-state index contributed by atoms with van der Waals surface area (Å²) >= 11 is 5.21. The summed E-state index contributed by atoms with van der Waals surface area (Å²) in [6, 6.07) is 18.1. The summed E-state index contributed by atoms with van der Waals surface area (Å²) in [5.41, 5.74) is 9.23. The van der Waals surface area contributed by atoms with Gasteiger partial charge in [-0.15, -0.1) is 0 Å². The first-order valence-corrected chi connectivity index (χ1v) is 6.66. The Morgan fingerprint density at radius 3 is 2.26 bits per heavy atom.